The lowest BCUT2D eigenvalue weighted by molar-refractivity contribution is 0.363. The Morgan fingerprint density at radius 3 is 2.15 bits per heavy atom. The number of rotatable bonds is 10. The molecule has 0 aromatic heterocycles. The molecule has 0 aromatic carbocycles. The van der Waals surface area contributed by atoms with Gasteiger partial charge in [0.15, 0.2) is 9.84 Å². The van der Waals surface area contributed by atoms with Gasteiger partial charge in [0.25, 0.3) is 0 Å². The monoisotopic (exact) mass is 303 g/mol. The second kappa shape index (κ2) is 9.78. The number of sulfone groups is 1. The number of hydrogen-bond donors (Lipinski definition) is 1. The average molecular weight is 304 g/mol. The van der Waals surface area contributed by atoms with Gasteiger partial charge in [0.2, 0.25) is 0 Å². The molecule has 3 nitrogen and oxygen atoms in total. The van der Waals surface area contributed by atoms with Crippen molar-refractivity contribution < 1.29 is 8.42 Å². The van der Waals surface area contributed by atoms with Gasteiger partial charge in [-0.1, -0.05) is 52.4 Å². The molecule has 1 atom stereocenters. The summed E-state index contributed by atoms with van der Waals surface area (Å²) in [6.07, 6.45) is 11.9. The van der Waals surface area contributed by atoms with E-state index in [-0.39, 0.29) is 6.04 Å². The Kier molecular flexibility index (Phi) is 8.78. The van der Waals surface area contributed by atoms with E-state index in [9.17, 15) is 8.42 Å². The quantitative estimate of drug-likeness (QED) is 0.626. The van der Waals surface area contributed by atoms with E-state index in [1.54, 1.807) is 0 Å². The molecule has 1 aliphatic heterocycles. The molecule has 1 unspecified atom stereocenters. The Morgan fingerprint density at radius 1 is 1.05 bits per heavy atom. The topological polar surface area (TPSA) is 46.2 Å². The minimum atomic E-state index is -2.79. The van der Waals surface area contributed by atoms with Crippen molar-refractivity contribution in [3.8, 4) is 0 Å². The summed E-state index contributed by atoms with van der Waals surface area (Å²) in [4.78, 5) is 0. The summed E-state index contributed by atoms with van der Waals surface area (Å²) in [5.74, 6) is 0.743. The summed E-state index contributed by atoms with van der Waals surface area (Å²) < 4.78 is 23.4. The number of hydrogen-bond acceptors (Lipinski definition) is 3. The van der Waals surface area contributed by atoms with E-state index in [0.29, 0.717) is 17.5 Å². The number of nitrogens with one attached hydrogen (secondary N) is 1. The van der Waals surface area contributed by atoms with Gasteiger partial charge in [-0.05, 0) is 25.7 Å². The SMILES string of the molecule is CCCCCC(CCCCC)NC1CCCS(=O)(=O)C1. The first kappa shape index (κ1) is 18.0. The van der Waals surface area contributed by atoms with Crippen molar-refractivity contribution >= 4 is 9.84 Å². The molecule has 0 radical (unpaired) electrons. The first-order valence-corrected chi connectivity index (χ1v) is 10.4. The van der Waals surface area contributed by atoms with E-state index < -0.39 is 9.84 Å². The third-order valence-electron chi connectivity index (χ3n) is 4.25. The normalized spacial score (nSPS) is 22.2. The van der Waals surface area contributed by atoms with Crippen LogP contribution in [0.25, 0.3) is 0 Å². The zero-order valence-corrected chi connectivity index (χ0v) is 14.2. The van der Waals surface area contributed by atoms with Crippen molar-refractivity contribution in [2.24, 2.45) is 0 Å². The van der Waals surface area contributed by atoms with Gasteiger partial charge in [0.1, 0.15) is 0 Å². The van der Waals surface area contributed by atoms with Gasteiger partial charge in [-0.2, -0.15) is 0 Å². The minimum Gasteiger partial charge on any atom is -0.310 e. The highest BCUT2D eigenvalue weighted by Gasteiger charge is 2.26. The molecule has 0 saturated carbocycles. The molecule has 120 valence electrons. The van der Waals surface area contributed by atoms with E-state index in [0.717, 1.165) is 12.8 Å². The highest BCUT2D eigenvalue weighted by atomic mass is 32.2. The van der Waals surface area contributed by atoms with Crippen LogP contribution in [0.2, 0.25) is 0 Å². The Morgan fingerprint density at radius 2 is 1.65 bits per heavy atom. The van der Waals surface area contributed by atoms with E-state index in [4.69, 9.17) is 0 Å². The predicted molar refractivity (Wildman–Crippen MR) is 86.9 cm³/mol. The fourth-order valence-corrected chi connectivity index (χ4v) is 4.73. The Balaban J connectivity index is 2.40. The van der Waals surface area contributed by atoms with Crippen molar-refractivity contribution in [2.45, 2.75) is 90.1 Å². The summed E-state index contributed by atoms with van der Waals surface area (Å²) in [7, 11) is -2.79. The van der Waals surface area contributed by atoms with Crippen LogP contribution >= 0.6 is 0 Å². The summed E-state index contributed by atoms with van der Waals surface area (Å²) in [6, 6.07) is 0.716. The lowest BCUT2D eigenvalue weighted by Crippen LogP contribution is -2.45. The predicted octanol–water partition coefficient (Wildman–Crippen LogP) is 3.68. The smallest absolute Gasteiger partial charge is 0.151 e. The largest absolute Gasteiger partial charge is 0.310 e. The molecular weight excluding hydrogens is 270 g/mol. The summed E-state index contributed by atoms with van der Waals surface area (Å²) >= 11 is 0. The summed E-state index contributed by atoms with van der Waals surface area (Å²) in [5, 5.41) is 3.65. The molecular formula is C16H33NO2S. The van der Waals surface area contributed by atoms with E-state index in [1.807, 2.05) is 0 Å². The molecule has 0 aromatic rings. The second-order valence-electron chi connectivity index (χ2n) is 6.31. The van der Waals surface area contributed by atoms with E-state index >= 15 is 0 Å². The van der Waals surface area contributed by atoms with Crippen LogP contribution in [0.1, 0.15) is 78.1 Å². The first-order chi connectivity index (χ1) is 9.57. The van der Waals surface area contributed by atoms with Gasteiger partial charge >= 0.3 is 0 Å². The molecule has 1 rings (SSSR count). The third kappa shape index (κ3) is 7.63. The van der Waals surface area contributed by atoms with Gasteiger partial charge in [0.05, 0.1) is 11.5 Å². The fraction of sp³-hybridized carbons (Fsp3) is 1.00. The van der Waals surface area contributed by atoms with Crippen molar-refractivity contribution in [1.29, 1.82) is 0 Å². The van der Waals surface area contributed by atoms with Crippen molar-refractivity contribution in [2.75, 3.05) is 11.5 Å². The molecule has 1 N–H and O–H groups in total. The van der Waals surface area contributed by atoms with Crippen LogP contribution in [0, 0.1) is 0 Å². The Hall–Kier alpha value is -0.0900. The van der Waals surface area contributed by atoms with Crippen LogP contribution < -0.4 is 5.32 Å². The lowest BCUT2D eigenvalue weighted by atomic mass is 10.0. The molecule has 0 amide bonds. The molecule has 1 aliphatic rings. The maximum absolute atomic E-state index is 11.7. The van der Waals surface area contributed by atoms with Gasteiger partial charge in [-0.15, -0.1) is 0 Å². The molecule has 20 heavy (non-hydrogen) atoms. The summed E-state index contributed by atoms with van der Waals surface area (Å²) in [6.45, 7) is 4.46. The minimum absolute atomic E-state index is 0.196. The molecule has 1 heterocycles. The Bertz CT molecular complexity index is 330. The summed E-state index contributed by atoms with van der Waals surface area (Å²) in [5.41, 5.74) is 0. The van der Waals surface area contributed by atoms with Crippen LogP contribution in [-0.2, 0) is 9.84 Å². The van der Waals surface area contributed by atoms with E-state index in [2.05, 4.69) is 19.2 Å². The van der Waals surface area contributed by atoms with Crippen molar-refractivity contribution in [1.82, 2.24) is 5.32 Å². The Labute approximate surface area is 125 Å². The van der Waals surface area contributed by atoms with Gasteiger partial charge in [0, 0.05) is 12.1 Å². The van der Waals surface area contributed by atoms with E-state index in [1.165, 1.54) is 51.4 Å². The molecule has 4 heteroatoms. The van der Waals surface area contributed by atoms with Crippen LogP contribution in [0.3, 0.4) is 0 Å². The molecule has 1 saturated heterocycles. The van der Waals surface area contributed by atoms with Gasteiger partial charge in [-0.3, -0.25) is 0 Å². The molecule has 0 aliphatic carbocycles. The molecule has 0 bridgehead atoms. The van der Waals surface area contributed by atoms with Crippen LogP contribution in [0.4, 0.5) is 0 Å². The van der Waals surface area contributed by atoms with Gasteiger partial charge in [-0.25, -0.2) is 8.42 Å². The first-order valence-electron chi connectivity index (χ1n) is 8.54. The van der Waals surface area contributed by atoms with Crippen LogP contribution in [-0.4, -0.2) is 32.0 Å². The second-order valence-corrected chi connectivity index (χ2v) is 8.54. The van der Waals surface area contributed by atoms with Crippen LogP contribution in [0.15, 0.2) is 0 Å². The molecule has 1 fully saturated rings. The average Bonchev–Trinajstić information content (AvgIpc) is 2.38. The van der Waals surface area contributed by atoms with Crippen molar-refractivity contribution in [3.63, 3.8) is 0 Å². The zero-order chi connectivity index (χ0) is 14.8. The van der Waals surface area contributed by atoms with Crippen LogP contribution in [0.5, 0.6) is 0 Å². The fourth-order valence-electron chi connectivity index (χ4n) is 3.08. The highest BCUT2D eigenvalue weighted by molar-refractivity contribution is 7.91. The lowest BCUT2D eigenvalue weighted by Gasteiger charge is -2.28. The standard InChI is InChI=1S/C16H33NO2S/c1-3-5-7-10-15(11-8-6-4-2)17-16-12-9-13-20(18,19)14-16/h15-17H,3-14H2,1-2H3. The highest BCUT2D eigenvalue weighted by Crippen LogP contribution is 2.17. The maximum Gasteiger partial charge on any atom is 0.151 e. The maximum atomic E-state index is 11.7. The third-order valence-corrected chi connectivity index (χ3v) is 6.07. The van der Waals surface area contributed by atoms with Gasteiger partial charge < -0.3 is 5.32 Å². The molecule has 0 spiro atoms. The van der Waals surface area contributed by atoms with Crippen molar-refractivity contribution in [3.05, 3.63) is 0 Å². The number of unbranched alkanes of at least 4 members (excludes halogenated alkanes) is 4. The zero-order valence-electron chi connectivity index (χ0n) is 13.4.